The molecule has 2 heterocycles. The monoisotopic (exact) mass is 382 g/mol. The molecule has 5 nitrogen and oxygen atoms in total. The first kappa shape index (κ1) is 18.3. The van der Waals surface area contributed by atoms with Crippen molar-refractivity contribution in [2.24, 2.45) is 7.05 Å². The molecule has 0 radical (unpaired) electrons. The van der Waals surface area contributed by atoms with Crippen molar-refractivity contribution in [3.05, 3.63) is 45.7 Å². The second-order valence-electron chi connectivity index (χ2n) is 7.63. The predicted octanol–water partition coefficient (Wildman–Crippen LogP) is 4.21. The average molecular weight is 383 g/mol. The zero-order valence-corrected chi connectivity index (χ0v) is 17.3. The molecule has 4 rings (SSSR count). The Morgan fingerprint density at radius 3 is 2.78 bits per heavy atom. The fourth-order valence-electron chi connectivity index (χ4n) is 3.97. The molecule has 6 heteroatoms. The molecule has 0 amide bonds. The molecule has 0 unspecified atom stereocenters. The highest BCUT2D eigenvalue weighted by Gasteiger charge is 2.38. The van der Waals surface area contributed by atoms with Crippen LogP contribution in [0, 0.1) is 0 Å². The predicted molar refractivity (Wildman–Crippen MR) is 111 cm³/mol. The minimum Gasteiger partial charge on any atom is -0.268 e. The van der Waals surface area contributed by atoms with Gasteiger partial charge in [0.25, 0.3) is 5.56 Å². The van der Waals surface area contributed by atoms with Gasteiger partial charge in [-0.3, -0.25) is 4.79 Å². The molecule has 0 bridgehead atoms. The van der Waals surface area contributed by atoms with Gasteiger partial charge in [0.15, 0.2) is 5.16 Å². The van der Waals surface area contributed by atoms with Gasteiger partial charge in [0, 0.05) is 23.8 Å². The van der Waals surface area contributed by atoms with Crippen molar-refractivity contribution < 1.29 is 0 Å². The van der Waals surface area contributed by atoms with Crippen molar-refractivity contribution in [3.8, 4) is 11.3 Å². The SMILES string of the molecule is CCCCSc1nn(C)c2nc3c(c(=O)n12)[C@@](C)(CC)Cc1ccccc1-3. The van der Waals surface area contributed by atoms with Gasteiger partial charge in [-0.05, 0) is 24.8 Å². The van der Waals surface area contributed by atoms with Crippen LogP contribution in [0.15, 0.2) is 34.2 Å². The summed E-state index contributed by atoms with van der Waals surface area (Å²) in [5.41, 5.74) is 3.85. The van der Waals surface area contributed by atoms with Gasteiger partial charge in [-0.2, -0.15) is 0 Å². The van der Waals surface area contributed by atoms with Gasteiger partial charge in [-0.25, -0.2) is 14.1 Å². The van der Waals surface area contributed by atoms with E-state index >= 15 is 0 Å². The largest absolute Gasteiger partial charge is 0.268 e. The highest BCUT2D eigenvalue weighted by molar-refractivity contribution is 7.99. The van der Waals surface area contributed by atoms with Crippen molar-refractivity contribution in [2.75, 3.05) is 5.75 Å². The van der Waals surface area contributed by atoms with Crippen molar-refractivity contribution in [1.82, 2.24) is 19.2 Å². The lowest BCUT2D eigenvalue weighted by molar-refractivity contribution is 0.439. The first-order valence-electron chi connectivity index (χ1n) is 9.71. The summed E-state index contributed by atoms with van der Waals surface area (Å²) in [6.45, 7) is 6.52. The van der Waals surface area contributed by atoms with Crippen molar-refractivity contribution in [1.29, 1.82) is 0 Å². The lowest BCUT2D eigenvalue weighted by Gasteiger charge is -2.34. The number of hydrogen-bond donors (Lipinski definition) is 0. The second kappa shape index (κ2) is 6.82. The normalized spacial score (nSPS) is 18.5. The van der Waals surface area contributed by atoms with Crippen LogP contribution in [0.4, 0.5) is 0 Å². The van der Waals surface area contributed by atoms with E-state index in [0.29, 0.717) is 5.78 Å². The Balaban J connectivity index is 2.01. The molecule has 2 aromatic heterocycles. The molecule has 1 aromatic carbocycles. The van der Waals surface area contributed by atoms with Crippen molar-refractivity contribution in [3.63, 3.8) is 0 Å². The number of nitrogens with zero attached hydrogens (tertiary/aromatic N) is 4. The first-order chi connectivity index (χ1) is 13.0. The van der Waals surface area contributed by atoms with E-state index in [1.165, 1.54) is 5.56 Å². The third kappa shape index (κ3) is 2.81. The summed E-state index contributed by atoms with van der Waals surface area (Å²) in [5.74, 6) is 1.58. The van der Waals surface area contributed by atoms with Crippen LogP contribution in [0.3, 0.4) is 0 Å². The second-order valence-corrected chi connectivity index (χ2v) is 8.69. The van der Waals surface area contributed by atoms with Crippen LogP contribution in [0.1, 0.15) is 51.2 Å². The topological polar surface area (TPSA) is 52.2 Å². The van der Waals surface area contributed by atoms with E-state index in [9.17, 15) is 4.79 Å². The zero-order chi connectivity index (χ0) is 19.2. The lowest BCUT2D eigenvalue weighted by atomic mass is 9.69. The maximum atomic E-state index is 13.7. The van der Waals surface area contributed by atoms with Crippen LogP contribution < -0.4 is 5.56 Å². The molecule has 0 saturated carbocycles. The van der Waals surface area contributed by atoms with Gasteiger partial charge < -0.3 is 0 Å². The first-order valence-corrected chi connectivity index (χ1v) is 10.7. The molecule has 27 heavy (non-hydrogen) atoms. The van der Waals surface area contributed by atoms with Gasteiger partial charge in [0.05, 0.1) is 11.3 Å². The molecule has 1 aliphatic rings. The van der Waals surface area contributed by atoms with E-state index in [2.05, 4.69) is 44.1 Å². The Kier molecular flexibility index (Phi) is 4.62. The summed E-state index contributed by atoms with van der Waals surface area (Å²) in [6, 6.07) is 8.33. The summed E-state index contributed by atoms with van der Waals surface area (Å²) < 4.78 is 3.46. The number of hydrogen-bond acceptors (Lipinski definition) is 4. The molecule has 0 N–H and O–H groups in total. The maximum absolute atomic E-state index is 13.7. The fraction of sp³-hybridized carbons (Fsp3) is 0.476. The summed E-state index contributed by atoms with van der Waals surface area (Å²) >= 11 is 1.64. The van der Waals surface area contributed by atoms with Gasteiger partial charge in [0.1, 0.15) is 0 Å². The number of benzene rings is 1. The Morgan fingerprint density at radius 2 is 2.04 bits per heavy atom. The molecule has 3 aromatic rings. The van der Waals surface area contributed by atoms with Crippen LogP contribution in [0.2, 0.25) is 0 Å². The van der Waals surface area contributed by atoms with E-state index in [-0.39, 0.29) is 11.0 Å². The standard InChI is InChI=1S/C21H26N4OS/c1-5-7-12-27-20-23-24(4)19-22-17-15-11-9-8-10-14(15)13-21(3,6-2)16(17)18(26)25(19)20/h8-11H,5-7,12-13H2,1-4H3/t21-/m0/s1. The molecule has 0 saturated heterocycles. The number of aromatic nitrogens is 4. The smallest absolute Gasteiger partial charge is 0.265 e. The van der Waals surface area contributed by atoms with Crippen LogP contribution >= 0.6 is 11.8 Å². The summed E-state index contributed by atoms with van der Waals surface area (Å²) in [6.07, 6.45) is 4.00. The molecular weight excluding hydrogens is 356 g/mol. The third-order valence-corrected chi connectivity index (χ3v) is 6.76. The molecule has 142 valence electrons. The summed E-state index contributed by atoms with van der Waals surface area (Å²) in [4.78, 5) is 18.6. The fourth-order valence-corrected chi connectivity index (χ4v) is 5.06. The van der Waals surface area contributed by atoms with Gasteiger partial charge in [0.2, 0.25) is 5.78 Å². The van der Waals surface area contributed by atoms with Crippen LogP contribution in [0.5, 0.6) is 0 Å². The summed E-state index contributed by atoms with van der Waals surface area (Å²) in [7, 11) is 1.87. The highest BCUT2D eigenvalue weighted by Crippen LogP contribution is 2.42. The van der Waals surface area contributed by atoms with E-state index in [1.807, 2.05) is 13.1 Å². The highest BCUT2D eigenvalue weighted by atomic mass is 32.2. The summed E-state index contributed by atoms with van der Waals surface area (Å²) in [5, 5.41) is 5.35. The minimum atomic E-state index is -0.212. The van der Waals surface area contributed by atoms with Crippen LogP contribution in [-0.2, 0) is 18.9 Å². The molecule has 1 atom stereocenters. The quantitative estimate of drug-likeness (QED) is 0.490. The zero-order valence-electron chi connectivity index (χ0n) is 16.5. The minimum absolute atomic E-state index is 0.0425. The Hall–Kier alpha value is -2.08. The van der Waals surface area contributed by atoms with Gasteiger partial charge in [-0.1, -0.05) is 63.2 Å². The maximum Gasteiger partial charge on any atom is 0.265 e. The van der Waals surface area contributed by atoms with E-state index in [4.69, 9.17) is 4.98 Å². The Labute approximate surface area is 163 Å². The van der Waals surface area contributed by atoms with E-state index in [0.717, 1.165) is 53.4 Å². The van der Waals surface area contributed by atoms with Crippen molar-refractivity contribution >= 4 is 17.5 Å². The van der Waals surface area contributed by atoms with Gasteiger partial charge >= 0.3 is 0 Å². The number of unbranched alkanes of at least 4 members (excludes halogenated alkanes) is 1. The Bertz CT molecular complexity index is 1070. The van der Waals surface area contributed by atoms with Gasteiger partial charge in [-0.15, -0.1) is 5.10 Å². The van der Waals surface area contributed by atoms with Crippen LogP contribution in [0.25, 0.3) is 17.0 Å². The molecule has 1 aliphatic carbocycles. The van der Waals surface area contributed by atoms with Crippen molar-refractivity contribution in [2.45, 2.75) is 57.0 Å². The van der Waals surface area contributed by atoms with E-state index in [1.54, 1.807) is 20.8 Å². The molecular formula is C21H26N4OS. The number of rotatable bonds is 5. The lowest BCUT2D eigenvalue weighted by Crippen LogP contribution is -2.37. The van der Waals surface area contributed by atoms with E-state index < -0.39 is 0 Å². The number of thioether (sulfide) groups is 1. The van der Waals surface area contributed by atoms with Crippen LogP contribution in [-0.4, -0.2) is 24.9 Å². The molecule has 0 aliphatic heterocycles. The molecule has 0 spiro atoms. The number of fused-ring (bicyclic) bond motifs is 4. The third-order valence-electron chi connectivity index (χ3n) is 5.75. The number of aryl methyl sites for hydroxylation is 1. The average Bonchev–Trinajstić information content (AvgIpc) is 2.98. The Morgan fingerprint density at radius 1 is 1.26 bits per heavy atom. The molecule has 0 fully saturated rings.